The Hall–Kier alpha value is -4.14. The number of phenolic OH excluding ortho intramolecular Hbond substituents is 1. The molecule has 0 aromatic heterocycles. The molecule has 3 N–H and O–H groups in total. The Morgan fingerprint density at radius 2 is 1.64 bits per heavy atom. The highest BCUT2D eigenvalue weighted by Gasteiger charge is 2.64. The van der Waals surface area contributed by atoms with Gasteiger partial charge in [0, 0.05) is 10.5 Å². The van der Waals surface area contributed by atoms with Gasteiger partial charge in [-0.2, -0.15) is 0 Å². The number of hydrogen-bond donors (Lipinski definition) is 3. The zero-order valence-corrected chi connectivity index (χ0v) is 26.2. The highest BCUT2D eigenvalue weighted by Crippen LogP contribution is 2.51. The van der Waals surface area contributed by atoms with Gasteiger partial charge in [-0.15, -0.1) is 11.8 Å². The Labute approximate surface area is 263 Å². The number of methoxy groups -OCH3 is 1. The number of ether oxygens (including phenoxy) is 3. The van der Waals surface area contributed by atoms with Gasteiger partial charge in [0.25, 0.3) is 0 Å². The lowest BCUT2D eigenvalue weighted by Gasteiger charge is -2.44. The number of carboxylic acids is 1. The minimum atomic E-state index is -1.13. The van der Waals surface area contributed by atoms with E-state index in [1.54, 1.807) is 20.8 Å². The van der Waals surface area contributed by atoms with E-state index < -0.39 is 82.6 Å². The zero-order valence-electron chi connectivity index (χ0n) is 25.4. The van der Waals surface area contributed by atoms with E-state index in [-0.39, 0.29) is 12.2 Å². The van der Waals surface area contributed by atoms with Gasteiger partial charge in [0.2, 0.25) is 18.6 Å². The molecule has 0 spiro atoms. The number of aliphatic imine (C=N–C) groups is 1. The molecule has 2 aliphatic heterocycles. The van der Waals surface area contributed by atoms with Crippen LogP contribution in [-0.2, 0) is 43.0 Å². The van der Waals surface area contributed by atoms with Crippen molar-refractivity contribution in [2.45, 2.75) is 81.1 Å². The molecule has 2 heterocycles. The lowest BCUT2D eigenvalue weighted by Crippen LogP contribution is -2.71. The SMILES string of the molecule is COC(=O)CC(C)=NC(C(=O)N[C@@H]1C(=O)N2[C@@H]1SC(C)(C)[C@@H]2C(=O)OCOC(=O)C1CCC(C(=O)O)CC1)c1ccc(O)cc1. The fourth-order valence-electron chi connectivity index (χ4n) is 5.77. The number of esters is 3. The molecular weight excluding hydrogens is 610 g/mol. The molecule has 1 unspecified atom stereocenters. The summed E-state index contributed by atoms with van der Waals surface area (Å²) in [6.07, 6.45) is 1.33. The van der Waals surface area contributed by atoms with Crippen molar-refractivity contribution < 1.29 is 53.2 Å². The average Bonchev–Trinajstić information content (AvgIpc) is 3.26. The van der Waals surface area contributed by atoms with Gasteiger partial charge in [0.1, 0.15) is 23.2 Å². The number of nitrogens with zero attached hydrogens (tertiary/aromatic N) is 2. The lowest BCUT2D eigenvalue weighted by molar-refractivity contribution is -0.179. The van der Waals surface area contributed by atoms with Crippen molar-refractivity contribution in [1.82, 2.24) is 10.2 Å². The van der Waals surface area contributed by atoms with Crippen molar-refractivity contribution in [3.05, 3.63) is 29.8 Å². The molecule has 15 heteroatoms. The maximum absolute atomic E-state index is 13.5. The number of aliphatic carboxylic acids is 1. The Morgan fingerprint density at radius 3 is 2.24 bits per heavy atom. The maximum atomic E-state index is 13.5. The van der Waals surface area contributed by atoms with Crippen LogP contribution < -0.4 is 5.32 Å². The second kappa shape index (κ2) is 13.9. The first-order valence-electron chi connectivity index (χ1n) is 14.5. The number of aromatic hydroxyl groups is 1. The number of fused-ring (bicyclic) bond motifs is 1. The number of carbonyl (C=O) groups excluding carboxylic acids is 5. The first kappa shape index (κ1) is 33.7. The largest absolute Gasteiger partial charge is 0.508 e. The summed E-state index contributed by atoms with van der Waals surface area (Å²) in [6, 6.07) is 2.70. The zero-order chi connectivity index (χ0) is 33.1. The summed E-state index contributed by atoms with van der Waals surface area (Å²) in [7, 11) is 1.24. The van der Waals surface area contributed by atoms with Crippen LogP contribution in [0, 0.1) is 11.8 Å². The second-order valence-electron chi connectivity index (χ2n) is 11.8. The second-order valence-corrected chi connectivity index (χ2v) is 13.6. The van der Waals surface area contributed by atoms with Crippen molar-refractivity contribution in [2.75, 3.05) is 13.9 Å². The van der Waals surface area contributed by atoms with Crippen molar-refractivity contribution in [1.29, 1.82) is 0 Å². The molecular formula is C30H37N3O11S. The molecule has 2 saturated heterocycles. The molecule has 3 aliphatic rings. The van der Waals surface area contributed by atoms with Crippen LogP contribution in [0.25, 0.3) is 0 Å². The monoisotopic (exact) mass is 647 g/mol. The number of rotatable bonds is 11. The third-order valence-electron chi connectivity index (χ3n) is 8.21. The molecule has 244 valence electrons. The molecule has 1 aliphatic carbocycles. The van der Waals surface area contributed by atoms with Gasteiger partial charge in [0.05, 0.1) is 25.4 Å². The van der Waals surface area contributed by atoms with E-state index in [0.717, 1.165) is 0 Å². The van der Waals surface area contributed by atoms with Gasteiger partial charge in [-0.05, 0) is 64.2 Å². The molecule has 1 saturated carbocycles. The maximum Gasteiger partial charge on any atom is 0.333 e. The summed E-state index contributed by atoms with van der Waals surface area (Å²) >= 11 is 1.31. The molecule has 1 aromatic rings. The lowest BCUT2D eigenvalue weighted by atomic mass is 9.82. The third kappa shape index (κ3) is 7.57. The molecule has 1 aromatic carbocycles. The van der Waals surface area contributed by atoms with Gasteiger partial charge in [-0.25, -0.2) is 4.79 Å². The standard InChI is InChI=1S/C30H37N3O11S/c1-15(13-20(35)42-4)31-21(16-9-11-19(34)12-10-16)24(36)32-22-25(37)33-23(30(2,3)45-26(22)33)29(41)44-14-43-28(40)18-7-5-17(6-8-18)27(38)39/h9-12,17-18,21-23,26,34H,5-8,13-14H2,1-4H3,(H,32,36)(H,38,39)/t17?,18?,21?,22-,23+,26-/m1/s1. The molecule has 2 amide bonds. The topological polar surface area (TPSA) is 198 Å². The van der Waals surface area contributed by atoms with Crippen molar-refractivity contribution in [3.63, 3.8) is 0 Å². The predicted octanol–water partition coefficient (Wildman–Crippen LogP) is 1.94. The van der Waals surface area contributed by atoms with Crippen LogP contribution >= 0.6 is 11.8 Å². The number of β-lactam (4-membered cyclic amide) rings is 1. The summed E-state index contributed by atoms with van der Waals surface area (Å²) in [5.41, 5.74) is 0.743. The van der Waals surface area contributed by atoms with Gasteiger partial charge >= 0.3 is 23.9 Å². The van der Waals surface area contributed by atoms with Crippen molar-refractivity contribution in [2.24, 2.45) is 16.8 Å². The highest BCUT2D eigenvalue weighted by atomic mass is 32.2. The summed E-state index contributed by atoms with van der Waals surface area (Å²) in [5, 5.41) is 21.0. The molecule has 0 radical (unpaired) electrons. The van der Waals surface area contributed by atoms with E-state index in [4.69, 9.17) is 14.6 Å². The van der Waals surface area contributed by atoms with Crippen LogP contribution in [0.3, 0.4) is 0 Å². The molecule has 14 nitrogen and oxygen atoms in total. The number of benzene rings is 1. The molecule has 3 fully saturated rings. The number of amides is 2. The van der Waals surface area contributed by atoms with E-state index in [9.17, 15) is 33.9 Å². The minimum Gasteiger partial charge on any atom is -0.508 e. The Bertz CT molecular complexity index is 1370. The van der Waals surface area contributed by atoms with E-state index in [2.05, 4.69) is 15.0 Å². The normalized spacial score (nSPS) is 26.1. The van der Waals surface area contributed by atoms with E-state index in [1.807, 2.05) is 0 Å². The number of phenols is 1. The molecule has 4 atom stereocenters. The van der Waals surface area contributed by atoms with Crippen LogP contribution in [0.5, 0.6) is 5.75 Å². The Balaban J connectivity index is 1.37. The number of carboxylic acid groups (broad SMARTS) is 1. The summed E-state index contributed by atoms with van der Waals surface area (Å²) in [5.74, 6) is -4.83. The van der Waals surface area contributed by atoms with Crippen LogP contribution in [0.1, 0.15) is 64.5 Å². The van der Waals surface area contributed by atoms with E-state index in [1.165, 1.54) is 48.0 Å². The Morgan fingerprint density at radius 1 is 1.04 bits per heavy atom. The highest BCUT2D eigenvalue weighted by molar-refractivity contribution is 8.01. The van der Waals surface area contributed by atoms with Crippen LogP contribution in [0.4, 0.5) is 0 Å². The predicted molar refractivity (Wildman–Crippen MR) is 159 cm³/mol. The van der Waals surface area contributed by atoms with Crippen molar-refractivity contribution in [3.8, 4) is 5.75 Å². The fraction of sp³-hybridized carbons (Fsp3) is 0.567. The number of carbonyl (C=O) groups is 6. The molecule has 0 bridgehead atoms. The van der Waals surface area contributed by atoms with Crippen molar-refractivity contribution >= 4 is 53.2 Å². The summed E-state index contributed by atoms with van der Waals surface area (Å²) in [4.78, 5) is 80.9. The fourth-order valence-corrected chi connectivity index (χ4v) is 7.39. The first-order valence-corrected chi connectivity index (χ1v) is 15.4. The average molecular weight is 648 g/mol. The third-order valence-corrected chi connectivity index (χ3v) is 9.78. The minimum absolute atomic E-state index is 0.0156. The molecule has 45 heavy (non-hydrogen) atoms. The number of nitrogens with one attached hydrogen (secondary N) is 1. The van der Waals surface area contributed by atoms with Crippen LogP contribution in [0.15, 0.2) is 29.3 Å². The number of thioether (sulfide) groups is 1. The van der Waals surface area contributed by atoms with Gasteiger partial charge in [-0.3, -0.25) is 29.0 Å². The van der Waals surface area contributed by atoms with Gasteiger partial charge < -0.3 is 34.6 Å². The summed E-state index contributed by atoms with van der Waals surface area (Å²) in [6.45, 7) is 4.46. The number of hydrogen-bond acceptors (Lipinski definition) is 12. The van der Waals surface area contributed by atoms with Gasteiger partial charge in [-0.1, -0.05) is 12.1 Å². The Kier molecular flexibility index (Phi) is 10.4. The quantitative estimate of drug-likeness (QED) is 0.137. The van der Waals surface area contributed by atoms with Gasteiger partial charge in [0.15, 0.2) is 6.04 Å². The first-order chi connectivity index (χ1) is 21.2. The smallest absolute Gasteiger partial charge is 0.333 e. The summed E-state index contributed by atoms with van der Waals surface area (Å²) < 4.78 is 14.3. The van der Waals surface area contributed by atoms with Crippen LogP contribution in [-0.4, -0.2) is 92.6 Å². The van der Waals surface area contributed by atoms with E-state index >= 15 is 0 Å². The molecule has 4 rings (SSSR count). The van der Waals surface area contributed by atoms with Crippen LogP contribution in [0.2, 0.25) is 0 Å². The van der Waals surface area contributed by atoms with E-state index in [0.29, 0.717) is 37.0 Å².